The number of aromatic nitrogens is 2. The number of nitro groups is 1. The summed E-state index contributed by atoms with van der Waals surface area (Å²) in [6.45, 7) is 0.966. The molecule has 13 nitrogen and oxygen atoms in total. The summed E-state index contributed by atoms with van der Waals surface area (Å²) in [4.78, 5) is 48.1. The number of nitrogens with zero attached hydrogens (tertiary/aromatic N) is 3. The lowest BCUT2D eigenvalue weighted by molar-refractivity contribution is -0.383. The highest BCUT2D eigenvalue weighted by Gasteiger charge is 2.22. The van der Waals surface area contributed by atoms with Gasteiger partial charge in [0.05, 0.1) is 15.5 Å². The second kappa shape index (κ2) is 13.9. The Balaban J connectivity index is 1.02. The van der Waals surface area contributed by atoms with E-state index in [9.17, 15) is 24.5 Å². The van der Waals surface area contributed by atoms with Crippen LogP contribution in [0, 0.1) is 10.1 Å². The highest BCUT2D eigenvalue weighted by molar-refractivity contribution is 8.26. The Labute approximate surface area is 260 Å². The highest BCUT2D eigenvalue weighted by atomic mass is 32.2. The number of thioether (sulfide) groups is 1. The largest absolute Gasteiger partial charge is 0.354 e. The number of hydrogen-bond acceptors (Lipinski definition) is 11. The summed E-state index contributed by atoms with van der Waals surface area (Å²) >= 11 is 6.19. The highest BCUT2D eigenvalue weighted by Crippen LogP contribution is 2.31. The fourth-order valence-corrected chi connectivity index (χ4v) is 5.38. The van der Waals surface area contributed by atoms with Gasteiger partial charge in [-0.1, -0.05) is 42.2 Å². The first-order valence-electron chi connectivity index (χ1n) is 13.5. The molecule has 3 aromatic carbocycles. The van der Waals surface area contributed by atoms with Crippen LogP contribution in [-0.2, 0) is 4.79 Å². The molecule has 4 aromatic rings. The molecule has 1 aliphatic heterocycles. The normalized spacial score (nSPS) is 13.6. The van der Waals surface area contributed by atoms with Crippen molar-refractivity contribution >= 4 is 80.2 Å². The lowest BCUT2D eigenvalue weighted by Gasteiger charge is -2.10. The molecule has 1 saturated heterocycles. The van der Waals surface area contributed by atoms with Crippen molar-refractivity contribution in [3.63, 3.8) is 0 Å². The molecule has 2 heterocycles. The molecule has 0 aliphatic carbocycles. The Morgan fingerprint density at radius 2 is 1.66 bits per heavy atom. The third-order valence-electron chi connectivity index (χ3n) is 6.53. The molecule has 5 rings (SSSR count). The third kappa shape index (κ3) is 7.43. The van der Waals surface area contributed by atoms with E-state index in [0.717, 1.165) is 24.8 Å². The fraction of sp³-hybridized carbons (Fsp3) is 0.172. The Morgan fingerprint density at radius 1 is 0.955 bits per heavy atom. The number of nitrogens with one attached hydrogen (secondary N) is 4. The SMILES string of the molecule is O=C1NC(=S)SC1=Cc1ccc(C(=O)NCCCCCNC(=O)c2cccc(Nc3ccc([N+](=O)[O-])c4nonc34)c2)cc1. The zero-order chi connectivity index (χ0) is 31.1. The van der Waals surface area contributed by atoms with E-state index in [1.165, 1.54) is 23.9 Å². The lowest BCUT2D eigenvalue weighted by Crippen LogP contribution is -2.26. The van der Waals surface area contributed by atoms with E-state index >= 15 is 0 Å². The molecule has 4 N–H and O–H groups in total. The maximum absolute atomic E-state index is 12.7. The minimum atomic E-state index is -0.561. The zero-order valence-corrected chi connectivity index (χ0v) is 24.6. The summed E-state index contributed by atoms with van der Waals surface area (Å²) < 4.78 is 5.12. The van der Waals surface area contributed by atoms with E-state index in [2.05, 4.69) is 31.6 Å². The molecule has 1 aliphatic rings. The predicted molar refractivity (Wildman–Crippen MR) is 169 cm³/mol. The molecule has 0 saturated carbocycles. The lowest BCUT2D eigenvalue weighted by atomic mass is 10.1. The van der Waals surface area contributed by atoms with Crippen molar-refractivity contribution in [3.8, 4) is 0 Å². The molecular weight excluding hydrogens is 606 g/mol. The minimum Gasteiger partial charge on any atom is -0.354 e. The second-order valence-corrected chi connectivity index (χ2v) is 11.3. The summed E-state index contributed by atoms with van der Waals surface area (Å²) in [7, 11) is 0. The number of unbranched alkanes of at least 4 members (excludes halogenated alkanes) is 2. The van der Waals surface area contributed by atoms with E-state index < -0.39 is 4.92 Å². The van der Waals surface area contributed by atoms with Crippen LogP contribution in [0.3, 0.4) is 0 Å². The van der Waals surface area contributed by atoms with Crippen molar-refractivity contribution < 1.29 is 23.9 Å². The third-order valence-corrected chi connectivity index (χ3v) is 7.69. The van der Waals surface area contributed by atoms with Crippen molar-refractivity contribution in [2.45, 2.75) is 19.3 Å². The summed E-state index contributed by atoms with van der Waals surface area (Å²) in [5.41, 5.74) is 2.80. The molecule has 0 atom stereocenters. The van der Waals surface area contributed by atoms with Gasteiger partial charge >= 0.3 is 5.69 Å². The zero-order valence-electron chi connectivity index (χ0n) is 23.0. The minimum absolute atomic E-state index is 0.0262. The van der Waals surface area contributed by atoms with E-state index in [-0.39, 0.29) is 34.4 Å². The Kier molecular flexibility index (Phi) is 9.56. The number of non-ortho nitro benzene ring substituents is 1. The molecule has 0 unspecified atom stereocenters. The van der Waals surface area contributed by atoms with Gasteiger partial charge in [-0.15, -0.1) is 0 Å². The maximum atomic E-state index is 12.7. The molecule has 44 heavy (non-hydrogen) atoms. The van der Waals surface area contributed by atoms with Gasteiger partial charge in [0.15, 0.2) is 5.52 Å². The van der Waals surface area contributed by atoms with E-state index in [4.69, 9.17) is 16.8 Å². The molecule has 1 aromatic heterocycles. The van der Waals surface area contributed by atoms with Crippen molar-refractivity contribution in [3.05, 3.63) is 92.4 Å². The van der Waals surface area contributed by atoms with Crippen LogP contribution in [0.25, 0.3) is 17.1 Å². The molecule has 0 bridgehead atoms. The first-order valence-corrected chi connectivity index (χ1v) is 14.7. The van der Waals surface area contributed by atoms with Gasteiger partial charge in [0.2, 0.25) is 5.52 Å². The van der Waals surface area contributed by atoms with E-state index in [1.807, 2.05) is 0 Å². The van der Waals surface area contributed by atoms with Gasteiger partial charge in [0.25, 0.3) is 17.7 Å². The number of nitro benzene ring substituents is 1. The van der Waals surface area contributed by atoms with Gasteiger partial charge in [-0.3, -0.25) is 24.5 Å². The number of carbonyl (C=O) groups excluding carboxylic acids is 3. The van der Waals surface area contributed by atoms with Gasteiger partial charge in [0.1, 0.15) is 4.32 Å². The Morgan fingerprint density at radius 3 is 2.34 bits per heavy atom. The molecule has 0 spiro atoms. The first kappa shape index (κ1) is 30.3. The van der Waals surface area contributed by atoms with Crippen LogP contribution in [0.5, 0.6) is 0 Å². The van der Waals surface area contributed by atoms with Crippen LogP contribution < -0.4 is 21.3 Å². The molecule has 3 amide bonds. The summed E-state index contributed by atoms with van der Waals surface area (Å²) in [6.07, 6.45) is 4.01. The van der Waals surface area contributed by atoms with Crippen LogP contribution in [0.2, 0.25) is 0 Å². The van der Waals surface area contributed by atoms with Crippen molar-refractivity contribution in [1.82, 2.24) is 26.3 Å². The average molecular weight is 632 g/mol. The number of carbonyl (C=O) groups is 3. The Hall–Kier alpha value is -5.15. The van der Waals surface area contributed by atoms with Gasteiger partial charge in [-0.25, -0.2) is 4.63 Å². The van der Waals surface area contributed by atoms with Gasteiger partial charge in [0, 0.05) is 36.0 Å². The molecular formula is C29H25N7O6S2. The average Bonchev–Trinajstić information content (AvgIpc) is 3.63. The number of benzene rings is 3. The van der Waals surface area contributed by atoms with E-state index in [0.29, 0.717) is 44.8 Å². The fourth-order valence-electron chi connectivity index (χ4n) is 4.33. The second-order valence-electron chi connectivity index (χ2n) is 9.60. The Bertz CT molecular complexity index is 1790. The van der Waals surface area contributed by atoms with Crippen LogP contribution in [-0.4, -0.2) is 50.4 Å². The standard InChI is InChI=1S/C29H25N7O6S2/c37-26(18-9-7-17(8-10-18)15-23-28(39)33-29(43)44-23)30-13-2-1-3-14-31-27(38)19-5-4-6-20(16-19)32-21-11-12-22(36(40)41)25-24(21)34-42-35-25/h4-12,15-16,32H,1-3,13-14H2,(H,30,37)(H,31,38)(H,33,39,43). The maximum Gasteiger partial charge on any atom is 0.300 e. The van der Waals surface area contributed by atoms with Crippen molar-refractivity contribution in [2.75, 3.05) is 18.4 Å². The molecule has 0 radical (unpaired) electrons. The van der Waals surface area contributed by atoms with E-state index in [1.54, 1.807) is 54.6 Å². The van der Waals surface area contributed by atoms with Crippen LogP contribution in [0.4, 0.5) is 17.1 Å². The first-order chi connectivity index (χ1) is 21.3. The van der Waals surface area contributed by atoms with Crippen LogP contribution in [0.15, 0.2) is 70.2 Å². The van der Waals surface area contributed by atoms with Crippen LogP contribution in [0.1, 0.15) is 45.5 Å². The number of fused-ring (bicyclic) bond motifs is 1. The smallest absolute Gasteiger partial charge is 0.300 e. The quantitative estimate of drug-likeness (QED) is 0.0560. The van der Waals surface area contributed by atoms with Gasteiger partial charge < -0.3 is 21.3 Å². The topological polar surface area (TPSA) is 181 Å². The predicted octanol–water partition coefficient (Wildman–Crippen LogP) is 4.69. The summed E-state index contributed by atoms with van der Waals surface area (Å²) in [5, 5.41) is 30.0. The van der Waals surface area contributed by atoms with Crippen molar-refractivity contribution in [1.29, 1.82) is 0 Å². The molecule has 224 valence electrons. The number of amides is 3. The summed E-state index contributed by atoms with van der Waals surface area (Å²) in [5.74, 6) is -0.653. The number of thiocarbonyl (C=S) groups is 1. The van der Waals surface area contributed by atoms with Crippen LogP contribution >= 0.6 is 24.0 Å². The van der Waals surface area contributed by atoms with Gasteiger partial charge in [-0.2, -0.15) is 0 Å². The molecule has 1 fully saturated rings. The van der Waals surface area contributed by atoms with Gasteiger partial charge in [-0.05, 0) is 77.6 Å². The van der Waals surface area contributed by atoms with Crippen molar-refractivity contribution in [2.24, 2.45) is 0 Å². The molecule has 15 heteroatoms. The number of anilines is 2. The number of rotatable bonds is 12. The monoisotopic (exact) mass is 631 g/mol. The number of hydrogen-bond donors (Lipinski definition) is 4. The summed E-state index contributed by atoms with van der Waals surface area (Å²) in [6, 6.07) is 16.6.